The van der Waals surface area contributed by atoms with E-state index in [1.165, 1.54) is 0 Å². The van der Waals surface area contributed by atoms with Crippen molar-refractivity contribution in [1.82, 2.24) is 10.2 Å². The van der Waals surface area contributed by atoms with Crippen LogP contribution in [0.4, 0.5) is 11.4 Å². The highest BCUT2D eigenvalue weighted by Crippen LogP contribution is 2.34. The number of anilines is 1. The molecule has 0 radical (unpaired) electrons. The molecule has 0 aromatic heterocycles. The molecule has 1 aliphatic heterocycles. The van der Waals surface area contributed by atoms with Gasteiger partial charge < -0.3 is 15.4 Å². The van der Waals surface area contributed by atoms with Gasteiger partial charge in [-0.1, -0.05) is 6.07 Å². The van der Waals surface area contributed by atoms with Crippen molar-refractivity contribution in [2.24, 2.45) is 0 Å². The molecule has 0 saturated carbocycles. The summed E-state index contributed by atoms with van der Waals surface area (Å²) in [5.41, 5.74) is 0.528. The molecule has 0 spiro atoms. The Morgan fingerprint density at radius 3 is 2.86 bits per heavy atom. The van der Waals surface area contributed by atoms with Crippen LogP contribution in [0.1, 0.15) is 6.92 Å². The van der Waals surface area contributed by atoms with Crippen molar-refractivity contribution in [3.05, 3.63) is 28.3 Å². The normalized spacial score (nSPS) is 15.7. The minimum atomic E-state index is -0.391. The van der Waals surface area contributed by atoms with Crippen LogP contribution in [0.2, 0.25) is 0 Å². The Kier molecular flexibility index (Phi) is 5.77. The lowest BCUT2D eigenvalue weighted by molar-refractivity contribution is -0.384. The first kappa shape index (κ1) is 15.5. The van der Waals surface area contributed by atoms with E-state index in [0.29, 0.717) is 24.6 Å². The van der Waals surface area contributed by atoms with Gasteiger partial charge in [-0.15, -0.1) is 0 Å². The van der Waals surface area contributed by atoms with Gasteiger partial charge in [0.05, 0.1) is 11.5 Å². The molecule has 1 aromatic carbocycles. The van der Waals surface area contributed by atoms with Crippen molar-refractivity contribution in [1.29, 1.82) is 0 Å². The van der Waals surface area contributed by atoms with E-state index < -0.39 is 4.92 Å². The number of hydrogen-bond donors (Lipinski definition) is 2. The standard InChI is InChI=1S/C14H22N4O3/c1-2-21-13-5-3-4-12(14(13)18(19)20)16-8-11-17-9-6-15-7-10-17/h3-5,15-16H,2,6-11H2,1H3. The second-order valence-corrected chi connectivity index (χ2v) is 4.86. The van der Waals surface area contributed by atoms with Gasteiger partial charge in [-0.3, -0.25) is 15.0 Å². The van der Waals surface area contributed by atoms with Crippen molar-refractivity contribution >= 4 is 11.4 Å². The third kappa shape index (κ3) is 4.30. The topological polar surface area (TPSA) is 79.7 Å². The molecular weight excluding hydrogens is 272 g/mol. The summed E-state index contributed by atoms with van der Waals surface area (Å²) in [6.07, 6.45) is 0. The Morgan fingerprint density at radius 2 is 2.19 bits per heavy atom. The molecule has 1 heterocycles. The van der Waals surface area contributed by atoms with E-state index in [9.17, 15) is 10.1 Å². The van der Waals surface area contributed by atoms with Gasteiger partial charge in [-0.05, 0) is 19.1 Å². The summed E-state index contributed by atoms with van der Waals surface area (Å²) >= 11 is 0. The Morgan fingerprint density at radius 1 is 1.43 bits per heavy atom. The maximum Gasteiger partial charge on any atom is 0.333 e. The van der Waals surface area contributed by atoms with Gasteiger partial charge in [0.25, 0.3) is 0 Å². The Balaban J connectivity index is 1.98. The van der Waals surface area contributed by atoms with Crippen LogP contribution in [-0.4, -0.2) is 55.7 Å². The summed E-state index contributed by atoms with van der Waals surface area (Å²) in [6, 6.07) is 5.12. The third-order valence-electron chi connectivity index (χ3n) is 3.43. The predicted molar refractivity (Wildman–Crippen MR) is 82.1 cm³/mol. The number of para-hydroxylation sites is 1. The minimum Gasteiger partial charge on any atom is -0.487 e. The fraction of sp³-hybridized carbons (Fsp3) is 0.571. The molecule has 0 atom stereocenters. The van der Waals surface area contributed by atoms with Crippen LogP contribution >= 0.6 is 0 Å². The summed E-state index contributed by atoms with van der Waals surface area (Å²) in [7, 11) is 0. The largest absolute Gasteiger partial charge is 0.487 e. The van der Waals surface area contributed by atoms with Crippen molar-refractivity contribution in [3.8, 4) is 5.75 Å². The first-order valence-electron chi connectivity index (χ1n) is 7.29. The molecule has 1 fully saturated rings. The Hall–Kier alpha value is -1.86. The molecule has 7 heteroatoms. The lowest BCUT2D eigenvalue weighted by Gasteiger charge is -2.27. The molecular formula is C14H22N4O3. The number of nitrogens with zero attached hydrogens (tertiary/aromatic N) is 2. The zero-order valence-electron chi connectivity index (χ0n) is 12.3. The minimum absolute atomic E-state index is 0.0136. The maximum absolute atomic E-state index is 11.2. The van der Waals surface area contributed by atoms with Gasteiger partial charge >= 0.3 is 5.69 Å². The predicted octanol–water partition coefficient (Wildman–Crippen LogP) is 1.31. The molecule has 116 valence electrons. The molecule has 0 aliphatic carbocycles. The Labute approximate surface area is 124 Å². The SMILES string of the molecule is CCOc1cccc(NCCN2CCNCC2)c1[N+](=O)[O-]. The quantitative estimate of drug-likeness (QED) is 0.583. The van der Waals surface area contributed by atoms with E-state index in [1.807, 2.05) is 6.92 Å². The third-order valence-corrected chi connectivity index (χ3v) is 3.43. The van der Waals surface area contributed by atoms with Crippen LogP contribution < -0.4 is 15.4 Å². The number of hydrogen-bond acceptors (Lipinski definition) is 6. The zero-order valence-corrected chi connectivity index (χ0v) is 12.3. The first-order valence-corrected chi connectivity index (χ1v) is 7.29. The van der Waals surface area contributed by atoms with Crippen LogP contribution in [0.5, 0.6) is 5.75 Å². The van der Waals surface area contributed by atoms with Gasteiger partial charge in [-0.25, -0.2) is 0 Å². The van der Waals surface area contributed by atoms with E-state index in [0.717, 1.165) is 32.7 Å². The molecule has 0 bridgehead atoms. The number of nitrogens with one attached hydrogen (secondary N) is 2. The van der Waals surface area contributed by atoms with Gasteiger partial charge in [0.1, 0.15) is 5.69 Å². The number of rotatable bonds is 7. The summed E-state index contributed by atoms with van der Waals surface area (Å²) < 4.78 is 5.33. The number of nitro benzene ring substituents is 1. The summed E-state index contributed by atoms with van der Waals surface area (Å²) in [5.74, 6) is 0.315. The van der Waals surface area contributed by atoms with Gasteiger partial charge in [0.15, 0.2) is 5.75 Å². The smallest absolute Gasteiger partial charge is 0.333 e. The number of piperazine rings is 1. The van der Waals surface area contributed by atoms with Crippen molar-refractivity contribution in [3.63, 3.8) is 0 Å². The van der Waals surface area contributed by atoms with Crippen LogP contribution in [0.15, 0.2) is 18.2 Å². The molecule has 2 N–H and O–H groups in total. The fourth-order valence-electron chi connectivity index (χ4n) is 2.41. The summed E-state index contributed by atoms with van der Waals surface area (Å²) in [4.78, 5) is 13.2. The van der Waals surface area contributed by atoms with E-state index in [-0.39, 0.29) is 5.69 Å². The highest BCUT2D eigenvalue weighted by Gasteiger charge is 2.20. The van der Waals surface area contributed by atoms with Crippen LogP contribution in [0.3, 0.4) is 0 Å². The highest BCUT2D eigenvalue weighted by atomic mass is 16.6. The van der Waals surface area contributed by atoms with E-state index >= 15 is 0 Å². The zero-order chi connectivity index (χ0) is 15.1. The van der Waals surface area contributed by atoms with E-state index in [2.05, 4.69) is 15.5 Å². The Bertz CT molecular complexity index is 475. The van der Waals surface area contributed by atoms with Crippen molar-refractivity contribution in [2.45, 2.75) is 6.92 Å². The van der Waals surface area contributed by atoms with Crippen molar-refractivity contribution in [2.75, 3.05) is 51.2 Å². The molecule has 1 saturated heterocycles. The van der Waals surface area contributed by atoms with Gasteiger partial charge in [-0.2, -0.15) is 0 Å². The summed E-state index contributed by atoms with van der Waals surface area (Å²) in [5, 5.41) is 17.7. The van der Waals surface area contributed by atoms with Gasteiger partial charge in [0.2, 0.25) is 0 Å². The monoisotopic (exact) mass is 294 g/mol. The molecule has 21 heavy (non-hydrogen) atoms. The lowest BCUT2D eigenvalue weighted by atomic mass is 10.2. The molecule has 1 aliphatic rings. The van der Waals surface area contributed by atoms with Crippen LogP contribution in [0, 0.1) is 10.1 Å². The van der Waals surface area contributed by atoms with E-state index in [4.69, 9.17) is 4.74 Å². The number of ether oxygens (including phenoxy) is 1. The molecule has 0 unspecified atom stereocenters. The average Bonchev–Trinajstić information content (AvgIpc) is 2.48. The van der Waals surface area contributed by atoms with Gasteiger partial charge in [0, 0.05) is 39.3 Å². The molecule has 7 nitrogen and oxygen atoms in total. The highest BCUT2D eigenvalue weighted by molar-refractivity contribution is 5.68. The lowest BCUT2D eigenvalue weighted by Crippen LogP contribution is -2.45. The first-order chi connectivity index (χ1) is 10.2. The van der Waals surface area contributed by atoms with Crippen molar-refractivity contribution < 1.29 is 9.66 Å². The summed E-state index contributed by atoms with van der Waals surface area (Å²) in [6.45, 7) is 7.80. The van der Waals surface area contributed by atoms with E-state index in [1.54, 1.807) is 18.2 Å². The molecule has 1 aromatic rings. The average molecular weight is 294 g/mol. The maximum atomic E-state index is 11.2. The second-order valence-electron chi connectivity index (χ2n) is 4.86. The number of benzene rings is 1. The molecule has 0 amide bonds. The number of nitro groups is 1. The van der Waals surface area contributed by atoms with Crippen LogP contribution in [-0.2, 0) is 0 Å². The fourth-order valence-corrected chi connectivity index (χ4v) is 2.41. The molecule has 2 rings (SSSR count). The van der Waals surface area contributed by atoms with Crippen LogP contribution in [0.25, 0.3) is 0 Å². The second kappa shape index (κ2) is 7.80.